The predicted molar refractivity (Wildman–Crippen MR) is 107 cm³/mol. The Kier molecular flexibility index (Phi) is 5.77. The third-order valence-corrected chi connectivity index (χ3v) is 6.06. The number of aryl methyl sites for hydroxylation is 2. The van der Waals surface area contributed by atoms with Gasteiger partial charge in [0.2, 0.25) is 0 Å². The first-order valence-electron chi connectivity index (χ1n) is 9.39. The highest BCUT2D eigenvalue weighted by Gasteiger charge is 2.29. The molecule has 1 aliphatic heterocycles. The Labute approximate surface area is 152 Å². The number of piperidine rings is 1. The van der Waals surface area contributed by atoms with Gasteiger partial charge in [0.15, 0.2) is 5.11 Å². The van der Waals surface area contributed by atoms with Crippen LogP contribution < -0.4 is 5.32 Å². The van der Waals surface area contributed by atoms with Gasteiger partial charge in [-0.15, -0.1) is 0 Å². The van der Waals surface area contributed by atoms with Gasteiger partial charge >= 0.3 is 0 Å². The number of thiocarbonyl (C=S) groups is 1. The summed E-state index contributed by atoms with van der Waals surface area (Å²) in [6.45, 7) is 6.40. The molecule has 24 heavy (non-hydrogen) atoms. The van der Waals surface area contributed by atoms with Crippen LogP contribution in [0.25, 0.3) is 0 Å². The van der Waals surface area contributed by atoms with Gasteiger partial charge in [0.1, 0.15) is 0 Å². The van der Waals surface area contributed by atoms with Crippen LogP contribution in [-0.2, 0) is 0 Å². The molecule has 1 aromatic carbocycles. The summed E-state index contributed by atoms with van der Waals surface area (Å²) >= 11 is 5.66. The van der Waals surface area contributed by atoms with Gasteiger partial charge in [-0.25, -0.2) is 0 Å². The van der Waals surface area contributed by atoms with Crippen LogP contribution in [0.1, 0.15) is 49.7 Å². The number of nitrogens with zero attached hydrogens (tertiary/aromatic N) is 2. The van der Waals surface area contributed by atoms with E-state index in [-0.39, 0.29) is 0 Å². The van der Waals surface area contributed by atoms with Crippen molar-refractivity contribution in [1.82, 2.24) is 9.80 Å². The van der Waals surface area contributed by atoms with Gasteiger partial charge in [0.25, 0.3) is 0 Å². The predicted octanol–water partition coefficient (Wildman–Crippen LogP) is 4.34. The molecule has 0 spiro atoms. The van der Waals surface area contributed by atoms with Crippen LogP contribution in [0.15, 0.2) is 18.2 Å². The first-order valence-corrected chi connectivity index (χ1v) is 9.80. The van der Waals surface area contributed by atoms with Crippen molar-refractivity contribution in [3.63, 3.8) is 0 Å². The molecule has 2 fully saturated rings. The van der Waals surface area contributed by atoms with E-state index in [0.717, 1.165) is 36.0 Å². The van der Waals surface area contributed by atoms with Crippen molar-refractivity contribution in [2.45, 2.75) is 64.5 Å². The minimum absolute atomic E-state index is 0.730. The largest absolute Gasteiger partial charge is 0.349 e. The second-order valence-electron chi connectivity index (χ2n) is 7.63. The number of rotatable bonds is 3. The van der Waals surface area contributed by atoms with E-state index in [1.165, 1.54) is 49.7 Å². The van der Waals surface area contributed by atoms with Crippen LogP contribution >= 0.6 is 12.2 Å². The lowest BCUT2D eigenvalue weighted by molar-refractivity contribution is 0.122. The zero-order chi connectivity index (χ0) is 17.1. The monoisotopic (exact) mass is 345 g/mol. The molecule has 0 atom stereocenters. The number of nitrogens with one attached hydrogen (secondary N) is 1. The molecular weight excluding hydrogens is 314 g/mol. The van der Waals surface area contributed by atoms with E-state index in [9.17, 15) is 0 Å². The molecule has 3 nitrogen and oxygen atoms in total. The maximum absolute atomic E-state index is 5.66. The number of hydrogen-bond donors (Lipinski definition) is 1. The number of likely N-dealkylation sites (tertiary alicyclic amines) is 1. The topological polar surface area (TPSA) is 18.5 Å². The standard InChI is InChI=1S/C20H31N3S/c1-15-12-16(2)14-17(13-15)21-20(24)23-10-8-19(9-11-23)22(3)18-6-4-5-7-18/h12-14,18-19H,4-11H2,1-3H3,(H,21,24). The summed E-state index contributed by atoms with van der Waals surface area (Å²) < 4.78 is 0. The van der Waals surface area contributed by atoms with Crippen LogP contribution in [0, 0.1) is 13.8 Å². The zero-order valence-electron chi connectivity index (χ0n) is 15.3. The summed E-state index contributed by atoms with van der Waals surface area (Å²) in [5.74, 6) is 0. The Bertz CT molecular complexity index is 552. The fourth-order valence-corrected chi connectivity index (χ4v) is 4.64. The lowest BCUT2D eigenvalue weighted by atomic mass is 10.0. The molecule has 1 aromatic rings. The van der Waals surface area contributed by atoms with E-state index in [1.807, 2.05) is 0 Å². The van der Waals surface area contributed by atoms with E-state index in [4.69, 9.17) is 12.2 Å². The smallest absolute Gasteiger partial charge is 0.173 e. The SMILES string of the molecule is Cc1cc(C)cc(NC(=S)N2CCC(N(C)C3CCCC3)CC2)c1. The summed E-state index contributed by atoms with van der Waals surface area (Å²) in [7, 11) is 2.34. The summed E-state index contributed by atoms with van der Waals surface area (Å²) in [6, 6.07) is 8.08. The highest BCUT2D eigenvalue weighted by molar-refractivity contribution is 7.80. The van der Waals surface area contributed by atoms with Crippen LogP contribution in [-0.4, -0.2) is 47.1 Å². The molecule has 132 valence electrons. The van der Waals surface area contributed by atoms with Gasteiger partial charge < -0.3 is 15.1 Å². The van der Waals surface area contributed by atoms with Gasteiger partial charge in [-0.2, -0.15) is 0 Å². The molecule has 1 saturated carbocycles. The van der Waals surface area contributed by atoms with Gasteiger partial charge in [0.05, 0.1) is 0 Å². The van der Waals surface area contributed by atoms with Crippen LogP contribution in [0.3, 0.4) is 0 Å². The molecule has 0 bridgehead atoms. The average molecular weight is 346 g/mol. The molecule has 1 N–H and O–H groups in total. The third kappa shape index (κ3) is 4.28. The molecule has 4 heteroatoms. The zero-order valence-corrected chi connectivity index (χ0v) is 16.2. The van der Waals surface area contributed by atoms with Gasteiger partial charge in [0, 0.05) is 30.9 Å². The Morgan fingerprint density at radius 2 is 1.54 bits per heavy atom. The maximum atomic E-state index is 5.66. The highest BCUT2D eigenvalue weighted by Crippen LogP contribution is 2.27. The number of hydrogen-bond acceptors (Lipinski definition) is 2. The van der Waals surface area contributed by atoms with Gasteiger partial charge in [-0.1, -0.05) is 18.9 Å². The Morgan fingerprint density at radius 3 is 2.12 bits per heavy atom. The lowest BCUT2D eigenvalue weighted by Gasteiger charge is -2.40. The van der Waals surface area contributed by atoms with Crippen LogP contribution in [0.2, 0.25) is 0 Å². The van der Waals surface area contributed by atoms with E-state index in [2.05, 4.69) is 54.2 Å². The molecule has 0 radical (unpaired) electrons. The first-order chi connectivity index (χ1) is 11.5. The quantitative estimate of drug-likeness (QED) is 0.821. The van der Waals surface area contributed by atoms with Crippen molar-refractivity contribution in [3.8, 4) is 0 Å². The second-order valence-corrected chi connectivity index (χ2v) is 8.02. The normalized spacial score (nSPS) is 19.9. The fourth-order valence-electron chi connectivity index (χ4n) is 4.34. The number of anilines is 1. The van der Waals surface area contributed by atoms with Crippen LogP contribution in [0.4, 0.5) is 5.69 Å². The molecule has 1 saturated heterocycles. The molecule has 2 aliphatic rings. The Morgan fingerprint density at radius 1 is 1.00 bits per heavy atom. The molecule has 1 heterocycles. The molecule has 0 aromatic heterocycles. The lowest BCUT2D eigenvalue weighted by Crippen LogP contribution is -2.48. The summed E-state index contributed by atoms with van der Waals surface area (Å²) in [4.78, 5) is 5.00. The summed E-state index contributed by atoms with van der Waals surface area (Å²) in [5.41, 5.74) is 3.66. The van der Waals surface area contributed by atoms with Crippen molar-refractivity contribution in [1.29, 1.82) is 0 Å². The van der Waals surface area contributed by atoms with E-state index in [1.54, 1.807) is 0 Å². The highest BCUT2D eigenvalue weighted by atomic mass is 32.1. The van der Waals surface area contributed by atoms with Crippen molar-refractivity contribution < 1.29 is 0 Å². The second kappa shape index (κ2) is 7.83. The van der Waals surface area contributed by atoms with E-state index in [0.29, 0.717) is 0 Å². The van der Waals surface area contributed by atoms with E-state index < -0.39 is 0 Å². The minimum Gasteiger partial charge on any atom is -0.349 e. The molecule has 1 aliphatic carbocycles. The van der Waals surface area contributed by atoms with Crippen molar-refractivity contribution in [3.05, 3.63) is 29.3 Å². The third-order valence-electron chi connectivity index (χ3n) is 5.70. The van der Waals surface area contributed by atoms with Gasteiger partial charge in [-0.3, -0.25) is 0 Å². The fraction of sp³-hybridized carbons (Fsp3) is 0.650. The average Bonchev–Trinajstić information content (AvgIpc) is 3.07. The molecule has 3 rings (SSSR count). The Balaban J connectivity index is 1.51. The Hall–Kier alpha value is -1.13. The first kappa shape index (κ1) is 17.7. The van der Waals surface area contributed by atoms with Crippen molar-refractivity contribution >= 4 is 23.0 Å². The van der Waals surface area contributed by atoms with E-state index >= 15 is 0 Å². The molecule has 0 unspecified atom stereocenters. The number of benzene rings is 1. The molecular formula is C20H31N3S. The minimum atomic E-state index is 0.730. The molecule has 0 amide bonds. The van der Waals surface area contributed by atoms with Crippen molar-refractivity contribution in [2.75, 3.05) is 25.5 Å². The van der Waals surface area contributed by atoms with Gasteiger partial charge in [-0.05, 0) is 82.1 Å². The maximum Gasteiger partial charge on any atom is 0.173 e. The van der Waals surface area contributed by atoms with Crippen molar-refractivity contribution in [2.24, 2.45) is 0 Å². The summed E-state index contributed by atoms with van der Waals surface area (Å²) in [6.07, 6.45) is 8.06. The summed E-state index contributed by atoms with van der Waals surface area (Å²) in [5, 5.41) is 4.31. The van der Waals surface area contributed by atoms with Crippen LogP contribution in [0.5, 0.6) is 0 Å².